The highest BCUT2D eigenvalue weighted by molar-refractivity contribution is 5.74. The molecule has 1 saturated carbocycles. The van der Waals surface area contributed by atoms with Gasteiger partial charge in [0.25, 0.3) is 0 Å². The summed E-state index contributed by atoms with van der Waals surface area (Å²) >= 11 is 0. The van der Waals surface area contributed by atoms with Crippen molar-refractivity contribution in [2.75, 3.05) is 32.7 Å². The second-order valence-electron chi connectivity index (χ2n) is 8.44. The van der Waals surface area contributed by atoms with E-state index in [0.29, 0.717) is 0 Å². The number of urea groups is 1. The van der Waals surface area contributed by atoms with Crippen LogP contribution in [0.15, 0.2) is 0 Å². The number of hydrogen-bond acceptors (Lipinski definition) is 5. The molecule has 150 valence electrons. The van der Waals surface area contributed by atoms with E-state index in [1.807, 2.05) is 9.58 Å². The minimum atomic E-state index is 0.102. The molecule has 0 spiro atoms. The Morgan fingerprint density at radius 3 is 2.74 bits per heavy atom. The summed E-state index contributed by atoms with van der Waals surface area (Å²) < 4.78 is 1.86. The number of nitrogens with one attached hydrogen (secondary N) is 1. The van der Waals surface area contributed by atoms with Gasteiger partial charge in [-0.3, -0.25) is 0 Å². The van der Waals surface area contributed by atoms with Gasteiger partial charge in [-0.1, -0.05) is 19.3 Å². The predicted octanol–water partition coefficient (Wildman–Crippen LogP) is 1.68. The monoisotopic (exact) mass is 375 g/mol. The lowest BCUT2D eigenvalue weighted by molar-refractivity contribution is 0.186. The van der Waals surface area contributed by atoms with Crippen molar-refractivity contribution < 1.29 is 4.79 Å². The van der Waals surface area contributed by atoms with E-state index in [4.69, 9.17) is 0 Å². The summed E-state index contributed by atoms with van der Waals surface area (Å²) in [6, 6.07) is 0.299. The second-order valence-corrected chi connectivity index (χ2v) is 8.44. The van der Waals surface area contributed by atoms with Crippen molar-refractivity contribution in [1.29, 1.82) is 0 Å². The third kappa shape index (κ3) is 4.97. The lowest BCUT2D eigenvalue weighted by Crippen LogP contribution is -2.46. The first-order valence-electron chi connectivity index (χ1n) is 10.8. The molecule has 8 nitrogen and oxygen atoms in total. The summed E-state index contributed by atoms with van der Waals surface area (Å²) in [4.78, 5) is 17.4. The Morgan fingerprint density at radius 1 is 0.963 bits per heavy atom. The van der Waals surface area contributed by atoms with Crippen molar-refractivity contribution in [2.24, 2.45) is 5.92 Å². The van der Waals surface area contributed by atoms with Crippen LogP contribution in [0.25, 0.3) is 0 Å². The highest BCUT2D eigenvalue weighted by Crippen LogP contribution is 2.24. The van der Waals surface area contributed by atoms with Crippen LogP contribution in [0.1, 0.15) is 57.2 Å². The molecule has 1 aliphatic carbocycles. The minimum Gasteiger partial charge on any atom is -0.335 e. The van der Waals surface area contributed by atoms with Crippen molar-refractivity contribution in [3.05, 3.63) is 5.82 Å². The smallest absolute Gasteiger partial charge is 0.317 e. The van der Waals surface area contributed by atoms with Crippen LogP contribution in [0.2, 0.25) is 0 Å². The van der Waals surface area contributed by atoms with Crippen molar-refractivity contribution >= 4 is 6.03 Å². The summed E-state index contributed by atoms with van der Waals surface area (Å²) in [6.07, 6.45) is 10.7. The van der Waals surface area contributed by atoms with Crippen molar-refractivity contribution in [3.8, 4) is 0 Å². The van der Waals surface area contributed by atoms with Gasteiger partial charge in [-0.05, 0) is 55.0 Å². The van der Waals surface area contributed by atoms with Crippen LogP contribution in [0.4, 0.5) is 4.79 Å². The zero-order chi connectivity index (χ0) is 18.5. The molecule has 0 radical (unpaired) electrons. The van der Waals surface area contributed by atoms with E-state index in [1.54, 1.807) is 0 Å². The molecule has 2 aliphatic heterocycles. The molecule has 0 aromatic carbocycles. The summed E-state index contributed by atoms with van der Waals surface area (Å²) in [6.45, 7) is 5.86. The van der Waals surface area contributed by atoms with E-state index in [-0.39, 0.29) is 12.1 Å². The fourth-order valence-corrected chi connectivity index (χ4v) is 4.80. The number of fused-ring (bicyclic) bond motifs is 1. The Kier molecular flexibility index (Phi) is 6.21. The topological polar surface area (TPSA) is 79.2 Å². The van der Waals surface area contributed by atoms with Crippen LogP contribution in [0, 0.1) is 5.92 Å². The first-order valence-corrected chi connectivity index (χ1v) is 10.8. The van der Waals surface area contributed by atoms with E-state index >= 15 is 0 Å². The normalized spacial score (nSPS) is 25.5. The number of hydrogen-bond donors (Lipinski definition) is 1. The van der Waals surface area contributed by atoms with Gasteiger partial charge >= 0.3 is 6.03 Å². The molecule has 0 bridgehead atoms. The highest BCUT2D eigenvalue weighted by atomic mass is 16.2. The van der Waals surface area contributed by atoms with E-state index in [2.05, 4.69) is 25.7 Å². The molecular formula is C19H33N7O. The van der Waals surface area contributed by atoms with Crippen LogP contribution in [-0.4, -0.2) is 74.8 Å². The average molecular weight is 376 g/mol. The maximum absolute atomic E-state index is 12.8. The number of carbonyl (C=O) groups excluding carboxylic acids is 1. The van der Waals surface area contributed by atoms with Gasteiger partial charge in [-0.15, -0.1) is 5.10 Å². The quantitative estimate of drug-likeness (QED) is 0.869. The van der Waals surface area contributed by atoms with Crippen LogP contribution in [-0.2, 0) is 13.0 Å². The third-order valence-corrected chi connectivity index (χ3v) is 6.46. The molecule has 4 rings (SSSR count). The van der Waals surface area contributed by atoms with Crippen molar-refractivity contribution in [3.63, 3.8) is 0 Å². The highest BCUT2D eigenvalue weighted by Gasteiger charge is 2.25. The lowest BCUT2D eigenvalue weighted by Gasteiger charge is -2.29. The summed E-state index contributed by atoms with van der Waals surface area (Å²) in [5.74, 6) is 1.81. The lowest BCUT2D eigenvalue weighted by atomic mass is 9.89. The van der Waals surface area contributed by atoms with Crippen LogP contribution in [0.3, 0.4) is 0 Å². The van der Waals surface area contributed by atoms with Crippen molar-refractivity contribution in [2.45, 2.75) is 70.4 Å². The van der Waals surface area contributed by atoms with Gasteiger partial charge in [0.2, 0.25) is 0 Å². The molecule has 3 aliphatic rings. The molecule has 3 heterocycles. The van der Waals surface area contributed by atoms with Gasteiger partial charge in [-0.25, -0.2) is 9.48 Å². The zero-order valence-corrected chi connectivity index (χ0v) is 16.4. The van der Waals surface area contributed by atoms with Crippen LogP contribution in [0.5, 0.6) is 0 Å². The summed E-state index contributed by atoms with van der Waals surface area (Å²) in [5.41, 5.74) is 0. The zero-order valence-electron chi connectivity index (χ0n) is 16.4. The number of carbonyl (C=O) groups is 1. The predicted molar refractivity (Wildman–Crippen MR) is 102 cm³/mol. The maximum Gasteiger partial charge on any atom is 0.317 e. The van der Waals surface area contributed by atoms with E-state index < -0.39 is 0 Å². The summed E-state index contributed by atoms with van der Waals surface area (Å²) in [5, 5.41) is 15.1. The molecule has 2 amide bonds. The van der Waals surface area contributed by atoms with Gasteiger partial charge in [0.1, 0.15) is 0 Å². The van der Waals surface area contributed by atoms with E-state index in [0.717, 1.165) is 70.1 Å². The van der Waals surface area contributed by atoms with Crippen LogP contribution >= 0.6 is 0 Å². The van der Waals surface area contributed by atoms with Gasteiger partial charge in [0.15, 0.2) is 5.82 Å². The number of rotatable bonds is 3. The fourth-order valence-electron chi connectivity index (χ4n) is 4.80. The SMILES string of the molecule is O=C(NC1CCc2nnnn2CC1)N1CCCN(CC2CCCCC2)CC1. The first kappa shape index (κ1) is 18.7. The largest absolute Gasteiger partial charge is 0.335 e. The number of aromatic nitrogens is 4. The first-order chi connectivity index (χ1) is 13.3. The Balaban J connectivity index is 1.22. The second kappa shape index (κ2) is 8.99. The molecule has 1 unspecified atom stereocenters. The van der Waals surface area contributed by atoms with Gasteiger partial charge in [0.05, 0.1) is 0 Å². The number of aryl methyl sites for hydroxylation is 2. The molecule has 2 fully saturated rings. The Morgan fingerprint density at radius 2 is 1.85 bits per heavy atom. The number of amides is 2. The molecule has 27 heavy (non-hydrogen) atoms. The van der Waals surface area contributed by atoms with E-state index in [1.165, 1.54) is 38.6 Å². The minimum absolute atomic E-state index is 0.102. The van der Waals surface area contributed by atoms with Gasteiger partial charge < -0.3 is 15.1 Å². The van der Waals surface area contributed by atoms with Crippen LogP contribution < -0.4 is 5.32 Å². The molecule has 1 aromatic rings. The Hall–Kier alpha value is -1.70. The van der Waals surface area contributed by atoms with Gasteiger partial charge in [-0.2, -0.15) is 0 Å². The van der Waals surface area contributed by atoms with Crippen molar-refractivity contribution in [1.82, 2.24) is 35.3 Å². The fraction of sp³-hybridized carbons (Fsp3) is 0.895. The molecule has 1 saturated heterocycles. The molecule has 1 aromatic heterocycles. The van der Waals surface area contributed by atoms with Gasteiger partial charge in [0, 0.05) is 45.2 Å². The Labute approximate surface area is 161 Å². The average Bonchev–Trinajstić information content (AvgIpc) is 2.88. The van der Waals surface area contributed by atoms with E-state index in [9.17, 15) is 4.79 Å². The maximum atomic E-state index is 12.8. The molecule has 8 heteroatoms. The molecule has 1 N–H and O–H groups in total. The summed E-state index contributed by atoms with van der Waals surface area (Å²) in [7, 11) is 0. The number of nitrogens with zero attached hydrogens (tertiary/aromatic N) is 6. The molecule has 1 atom stereocenters. The third-order valence-electron chi connectivity index (χ3n) is 6.46. The Bertz CT molecular complexity index is 590. The molecular weight excluding hydrogens is 342 g/mol. The number of tetrazole rings is 1. The standard InChI is InChI=1S/C19H33N7O/c27-19(20-17-7-8-18-21-22-23-26(18)12-9-17)25-11-4-10-24(13-14-25)15-16-5-2-1-3-6-16/h16-17H,1-15H2,(H,20,27).